The van der Waals surface area contributed by atoms with Crippen LogP contribution in [0.4, 0.5) is 0 Å². The van der Waals surface area contributed by atoms with E-state index in [1.54, 1.807) is 6.92 Å². The number of hydrogen-bond acceptors (Lipinski definition) is 2. The van der Waals surface area contributed by atoms with Gasteiger partial charge in [0.2, 0.25) is 0 Å². The maximum Gasteiger partial charge on any atom is 0.260 e. The Morgan fingerprint density at radius 1 is 1.12 bits per heavy atom. The molecule has 1 amide bonds. The standard InChI is InChI=1S/C20H24ClNO2/c1-13-10-18(11-14(2)19(13)21)24-16(4)20(23)22-12-15(3)17-8-6-5-7-9-17/h5-11,15-16H,12H2,1-4H3,(H,22,23)/t15-,16+/m1/s1. The molecule has 0 fully saturated rings. The summed E-state index contributed by atoms with van der Waals surface area (Å²) in [4.78, 5) is 12.3. The van der Waals surface area contributed by atoms with Crippen LogP contribution in [-0.2, 0) is 4.79 Å². The Balaban J connectivity index is 1.90. The molecule has 0 aromatic heterocycles. The number of ether oxygens (including phenoxy) is 1. The van der Waals surface area contributed by atoms with Gasteiger partial charge in [0.05, 0.1) is 0 Å². The van der Waals surface area contributed by atoms with E-state index in [0.717, 1.165) is 16.1 Å². The molecule has 2 atom stereocenters. The van der Waals surface area contributed by atoms with Gasteiger partial charge in [0.1, 0.15) is 5.75 Å². The van der Waals surface area contributed by atoms with Crippen LogP contribution < -0.4 is 10.1 Å². The summed E-state index contributed by atoms with van der Waals surface area (Å²) in [5.41, 5.74) is 3.09. The topological polar surface area (TPSA) is 38.3 Å². The molecule has 128 valence electrons. The van der Waals surface area contributed by atoms with Gasteiger partial charge >= 0.3 is 0 Å². The lowest BCUT2D eigenvalue weighted by Crippen LogP contribution is -2.38. The molecule has 0 spiro atoms. The number of hydrogen-bond donors (Lipinski definition) is 1. The minimum absolute atomic E-state index is 0.122. The van der Waals surface area contributed by atoms with E-state index in [0.29, 0.717) is 12.3 Å². The highest BCUT2D eigenvalue weighted by molar-refractivity contribution is 6.32. The molecule has 4 heteroatoms. The number of amides is 1. The van der Waals surface area contributed by atoms with E-state index < -0.39 is 6.10 Å². The molecule has 0 saturated carbocycles. The SMILES string of the molecule is Cc1cc(O[C@@H](C)C(=O)NC[C@@H](C)c2ccccc2)cc(C)c1Cl. The average molecular weight is 346 g/mol. The molecule has 24 heavy (non-hydrogen) atoms. The Bertz CT molecular complexity index is 677. The second kappa shape index (κ2) is 8.20. The zero-order chi connectivity index (χ0) is 17.7. The lowest BCUT2D eigenvalue weighted by molar-refractivity contribution is -0.127. The highest BCUT2D eigenvalue weighted by Gasteiger charge is 2.16. The third kappa shape index (κ3) is 4.75. The van der Waals surface area contributed by atoms with E-state index in [-0.39, 0.29) is 11.8 Å². The van der Waals surface area contributed by atoms with Crippen molar-refractivity contribution in [3.05, 3.63) is 64.2 Å². The van der Waals surface area contributed by atoms with Crippen LogP contribution in [0.15, 0.2) is 42.5 Å². The van der Waals surface area contributed by atoms with Crippen molar-refractivity contribution in [3.8, 4) is 5.75 Å². The first-order chi connectivity index (χ1) is 11.4. The fourth-order valence-corrected chi connectivity index (χ4v) is 2.64. The quantitative estimate of drug-likeness (QED) is 0.828. The number of nitrogens with one attached hydrogen (secondary N) is 1. The third-order valence-electron chi connectivity index (χ3n) is 4.04. The molecule has 3 nitrogen and oxygen atoms in total. The van der Waals surface area contributed by atoms with Crippen molar-refractivity contribution in [3.63, 3.8) is 0 Å². The summed E-state index contributed by atoms with van der Waals surface area (Å²) < 4.78 is 5.76. The molecule has 0 aliphatic heterocycles. The average Bonchev–Trinajstić information content (AvgIpc) is 2.57. The van der Waals surface area contributed by atoms with Gasteiger partial charge in [-0.15, -0.1) is 0 Å². The minimum Gasteiger partial charge on any atom is -0.481 e. The highest BCUT2D eigenvalue weighted by Crippen LogP contribution is 2.26. The van der Waals surface area contributed by atoms with Crippen LogP contribution in [0, 0.1) is 13.8 Å². The molecule has 0 radical (unpaired) electrons. The largest absolute Gasteiger partial charge is 0.481 e. The molecule has 0 aliphatic rings. The van der Waals surface area contributed by atoms with Crippen LogP contribution in [0.5, 0.6) is 5.75 Å². The van der Waals surface area contributed by atoms with Gasteiger partial charge in [-0.3, -0.25) is 4.79 Å². The molecule has 0 bridgehead atoms. The van der Waals surface area contributed by atoms with Gasteiger partial charge in [0.25, 0.3) is 5.91 Å². The summed E-state index contributed by atoms with van der Waals surface area (Å²) in [7, 11) is 0. The zero-order valence-corrected chi connectivity index (χ0v) is 15.4. The van der Waals surface area contributed by atoms with Crippen molar-refractivity contribution < 1.29 is 9.53 Å². The maximum absolute atomic E-state index is 12.3. The Kier molecular flexibility index (Phi) is 6.27. The van der Waals surface area contributed by atoms with Gasteiger partial charge in [0, 0.05) is 11.6 Å². The molecular formula is C20H24ClNO2. The van der Waals surface area contributed by atoms with E-state index in [1.165, 1.54) is 5.56 Å². The number of carbonyl (C=O) groups excluding carboxylic acids is 1. The number of aryl methyl sites for hydroxylation is 2. The second-order valence-electron chi connectivity index (χ2n) is 6.19. The second-order valence-corrected chi connectivity index (χ2v) is 6.57. The first-order valence-electron chi connectivity index (χ1n) is 8.14. The summed E-state index contributed by atoms with van der Waals surface area (Å²) in [6.07, 6.45) is -0.562. The number of halogens is 1. The van der Waals surface area contributed by atoms with Gasteiger partial charge in [-0.25, -0.2) is 0 Å². The summed E-state index contributed by atoms with van der Waals surface area (Å²) in [5, 5.41) is 3.68. The molecule has 0 aliphatic carbocycles. The summed E-state index contributed by atoms with van der Waals surface area (Å²) in [5.74, 6) is 0.790. The van der Waals surface area contributed by atoms with E-state index in [4.69, 9.17) is 16.3 Å². The fourth-order valence-electron chi connectivity index (χ4n) is 2.53. The van der Waals surface area contributed by atoms with Gasteiger partial charge in [-0.1, -0.05) is 48.9 Å². The van der Waals surface area contributed by atoms with Crippen molar-refractivity contribution in [2.75, 3.05) is 6.54 Å². The van der Waals surface area contributed by atoms with Crippen LogP contribution in [0.1, 0.15) is 36.5 Å². The molecule has 0 unspecified atom stereocenters. The number of rotatable bonds is 6. The molecule has 2 aromatic carbocycles. The Hall–Kier alpha value is -2.00. The van der Waals surface area contributed by atoms with Crippen LogP contribution in [0.3, 0.4) is 0 Å². The van der Waals surface area contributed by atoms with Crippen LogP contribution in [0.25, 0.3) is 0 Å². The Labute approximate surface area is 149 Å². The van der Waals surface area contributed by atoms with Crippen molar-refractivity contribution >= 4 is 17.5 Å². The summed E-state index contributed by atoms with van der Waals surface area (Å²) >= 11 is 6.16. The highest BCUT2D eigenvalue weighted by atomic mass is 35.5. The van der Waals surface area contributed by atoms with Crippen LogP contribution >= 0.6 is 11.6 Å². The normalized spacial score (nSPS) is 13.2. The van der Waals surface area contributed by atoms with Crippen molar-refractivity contribution in [1.82, 2.24) is 5.32 Å². The molecule has 1 N–H and O–H groups in total. The van der Waals surface area contributed by atoms with E-state index >= 15 is 0 Å². The summed E-state index contributed by atoms with van der Waals surface area (Å²) in [6.45, 7) is 8.27. The first-order valence-corrected chi connectivity index (χ1v) is 8.52. The third-order valence-corrected chi connectivity index (χ3v) is 4.64. The molecule has 2 aromatic rings. The number of benzene rings is 2. The monoisotopic (exact) mass is 345 g/mol. The van der Waals surface area contributed by atoms with Crippen molar-refractivity contribution in [2.45, 2.75) is 39.7 Å². The van der Waals surface area contributed by atoms with Crippen LogP contribution in [0.2, 0.25) is 5.02 Å². The zero-order valence-electron chi connectivity index (χ0n) is 14.6. The molecular weight excluding hydrogens is 322 g/mol. The Morgan fingerprint density at radius 3 is 2.29 bits per heavy atom. The Morgan fingerprint density at radius 2 is 1.71 bits per heavy atom. The predicted octanol–water partition coefficient (Wildman–Crippen LogP) is 4.64. The van der Waals surface area contributed by atoms with Crippen LogP contribution in [-0.4, -0.2) is 18.6 Å². The predicted molar refractivity (Wildman–Crippen MR) is 98.9 cm³/mol. The van der Waals surface area contributed by atoms with Gasteiger partial charge in [-0.2, -0.15) is 0 Å². The molecule has 0 heterocycles. The van der Waals surface area contributed by atoms with E-state index in [1.807, 2.05) is 44.2 Å². The van der Waals surface area contributed by atoms with E-state index in [9.17, 15) is 4.79 Å². The van der Waals surface area contributed by atoms with Gasteiger partial charge in [0.15, 0.2) is 6.10 Å². The van der Waals surface area contributed by atoms with Crippen molar-refractivity contribution in [2.24, 2.45) is 0 Å². The number of carbonyl (C=O) groups is 1. The molecule has 0 saturated heterocycles. The molecule has 2 rings (SSSR count). The minimum atomic E-state index is -0.562. The smallest absolute Gasteiger partial charge is 0.260 e. The van der Waals surface area contributed by atoms with E-state index in [2.05, 4.69) is 24.4 Å². The van der Waals surface area contributed by atoms with Gasteiger partial charge < -0.3 is 10.1 Å². The fraction of sp³-hybridized carbons (Fsp3) is 0.350. The van der Waals surface area contributed by atoms with Crippen molar-refractivity contribution in [1.29, 1.82) is 0 Å². The lowest BCUT2D eigenvalue weighted by atomic mass is 10.0. The first kappa shape index (κ1) is 18.3. The summed E-state index contributed by atoms with van der Waals surface area (Å²) in [6, 6.07) is 13.8. The maximum atomic E-state index is 12.3. The van der Waals surface area contributed by atoms with Gasteiger partial charge in [-0.05, 0) is 55.5 Å². The lowest BCUT2D eigenvalue weighted by Gasteiger charge is -2.18.